The Hall–Kier alpha value is -0.960. The summed E-state index contributed by atoms with van der Waals surface area (Å²) >= 11 is 8.77. The van der Waals surface area contributed by atoms with E-state index >= 15 is 0 Å². The first-order valence-electron chi connectivity index (χ1n) is 3.22. The van der Waals surface area contributed by atoms with Crippen LogP contribution in [0.5, 0.6) is 0 Å². The summed E-state index contributed by atoms with van der Waals surface area (Å²) in [6.45, 7) is 0. The molecule has 0 heterocycles. The van der Waals surface area contributed by atoms with Gasteiger partial charge < -0.3 is 0 Å². The highest BCUT2D eigenvalue weighted by Crippen LogP contribution is 2.21. The molecule has 0 bridgehead atoms. The molecule has 0 aliphatic carbocycles. The van der Waals surface area contributed by atoms with Crippen LogP contribution in [0.2, 0.25) is 5.02 Å². The van der Waals surface area contributed by atoms with Crippen molar-refractivity contribution in [1.29, 1.82) is 0 Å². The van der Waals surface area contributed by atoms with Gasteiger partial charge in [-0.2, -0.15) is 0 Å². The molecule has 1 aromatic carbocycles. The summed E-state index contributed by atoms with van der Waals surface area (Å²) in [7, 11) is 0. The molecule has 0 spiro atoms. The largest absolute Gasteiger partial charge is 0.288 e. The molecular formula is C8H3BrClNO2. The fourth-order valence-corrected chi connectivity index (χ4v) is 1.62. The summed E-state index contributed by atoms with van der Waals surface area (Å²) in [5.41, 5.74) is 0.285. The third-order valence-electron chi connectivity index (χ3n) is 1.31. The highest BCUT2D eigenvalue weighted by Gasteiger charge is 2.08. The molecule has 0 N–H and O–H groups in total. The van der Waals surface area contributed by atoms with Crippen LogP contribution in [0.4, 0.5) is 0 Å². The monoisotopic (exact) mass is 259 g/mol. The van der Waals surface area contributed by atoms with Gasteiger partial charge in [-0.3, -0.25) is 4.79 Å². The number of aliphatic imine (C=N–C) groups is 1. The zero-order valence-corrected chi connectivity index (χ0v) is 8.59. The van der Waals surface area contributed by atoms with Crippen LogP contribution in [0.1, 0.15) is 10.4 Å². The van der Waals surface area contributed by atoms with E-state index in [1.807, 2.05) is 0 Å². The van der Waals surface area contributed by atoms with Gasteiger partial charge in [0.2, 0.25) is 6.08 Å². The quantitative estimate of drug-likeness (QED) is 0.575. The summed E-state index contributed by atoms with van der Waals surface area (Å²) < 4.78 is 0.504. The molecule has 0 fully saturated rings. The number of hydrogen-bond acceptors (Lipinski definition) is 2. The molecule has 0 saturated heterocycles. The van der Waals surface area contributed by atoms with Gasteiger partial charge in [-0.1, -0.05) is 11.6 Å². The number of halogens is 2. The zero-order valence-electron chi connectivity index (χ0n) is 6.25. The summed E-state index contributed by atoms with van der Waals surface area (Å²) in [6, 6.07) is 4.57. The number of carbonyl (C=O) groups is 1. The van der Waals surface area contributed by atoms with E-state index in [-0.39, 0.29) is 5.56 Å². The van der Waals surface area contributed by atoms with Crippen molar-refractivity contribution in [2.24, 2.45) is 4.99 Å². The minimum atomic E-state index is -0.640. The maximum Gasteiger partial charge on any atom is 0.288 e. The predicted octanol–water partition coefficient (Wildman–Crippen LogP) is 2.58. The Labute approximate surface area is 87.6 Å². The van der Waals surface area contributed by atoms with E-state index in [0.29, 0.717) is 9.50 Å². The molecule has 66 valence electrons. The lowest BCUT2D eigenvalue weighted by Gasteiger charge is -1.97. The van der Waals surface area contributed by atoms with Crippen LogP contribution in [0.15, 0.2) is 27.7 Å². The average Bonchev–Trinajstić information content (AvgIpc) is 2.04. The molecule has 3 nitrogen and oxygen atoms in total. The fraction of sp³-hybridized carbons (Fsp3) is 0. The highest BCUT2D eigenvalue weighted by atomic mass is 79.9. The lowest BCUT2D eigenvalue weighted by Crippen LogP contribution is -1.95. The molecular weight excluding hydrogens is 257 g/mol. The van der Waals surface area contributed by atoms with E-state index in [1.165, 1.54) is 12.1 Å². The Kier molecular flexibility index (Phi) is 3.37. The van der Waals surface area contributed by atoms with E-state index in [1.54, 1.807) is 12.1 Å². The van der Waals surface area contributed by atoms with Crippen molar-refractivity contribution in [3.8, 4) is 0 Å². The van der Waals surface area contributed by atoms with Gasteiger partial charge in [-0.25, -0.2) is 4.79 Å². The second-order valence-corrected chi connectivity index (χ2v) is 3.42. The summed E-state index contributed by atoms with van der Waals surface area (Å²) in [5.74, 6) is -0.640. The first-order valence-corrected chi connectivity index (χ1v) is 4.39. The molecule has 1 aromatic rings. The smallest absolute Gasteiger partial charge is 0.266 e. The van der Waals surface area contributed by atoms with Crippen molar-refractivity contribution in [3.63, 3.8) is 0 Å². The van der Waals surface area contributed by atoms with Gasteiger partial charge in [-0.15, -0.1) is 4.99 Å². The van der Waals surface area contributed by atoms with E-state index in [0.717, 1.165) is 0 Å². The molecule has 0 aliphatic heterocycles. The van der Waals surface area contributed by atoms with Crippen molar-refractivity contribution >= 4 is 39.5 Å². The van der Waals surface area contributed by atoms with E-state index < -0.39 is 5.91 Å². The topological polar surface area (TPSA) is 46.5 Å². The van der Waals surface area contributed by atoms with Gasteiger partial charge in [0, 0.05) is 9.50 Å². The van der Waals surface area contributed by atoms with E-state index in [2.05, 4.69) is 20.9 Å². The van der Waals surface area contributed by atoms with Gasteiger partial charge in [0.05, 0.1) is 5.56 Å². The molecule has 1 amide bonds. The standard InChI is InChI=1S/C8H3BrClNO2/c9-7-3-5(10)1-2-6(7)8(13)11-4-12/h1-3H. The van der Waals surface area contributed by atoms with Crippen LogP contribution >= 0.6 is 27.5 Å². The van der Waals surface area contributed by atoms with Gasteiger partial charge in [0.15, 0.2) is 0 Å². The third-order valence-corrected chi connectivity index (χ3v) is 2.20. The van der Waals surface area contributed by atoms with Gasteiger partial charge in [0.1, 0.15) is 0 Å². The SMILES string of the molecule is O=C=NC(=O)c1ccc(Cl)cc1Br. The molecule has 13 heavy (non-hydrogen) atoms. The lowest BCUT2D eigenvalue weighted by atomic mass is 10.2. The molecule has 0 atom stereocenters. The number of isocyanates is 1. The molecule has 0 aliphatic rings. The Morgan fingerprint density at radius 1 is 1.54 bits per heavy atom. The minimum absolute atomic E-state index is 0.285. The van der Waals surface area contributed by atoms with Gasteiger partial charge in [0.25, 0.3) is 5.91 Å². The van der Waals surface area contributed by atoms with Crippen molar-refractivity contribution < 1.29 is 9.59 Å². The number of hydrogen-bond donors (Lipinski definition) is 0. The number of nitrogens with zero attached hydrogens (tertiary/aromatic N) is 1. The molecule has 0 radical (unpaired) electrons. The Morgan fingerprint density at radius 3 is 2.77 bits per heavy atom. The average molecular weight is 260 g/mol. The third kappa shape index (κ3) is 2.49. The van der Waals surface area contributed by atoms with Crippen molar-refractivity contribution in [2.75, 3.05) is 0 Å². The Morgan fingerprint density at radius 2 is 2.23 bits per heavy atom. The van der Waals surface area contributed by atoms with Crippen molar-refractivity contribution in [2.45, 2.75) is 0 Å². The van der Waals surface area contributed by atoms with Gasteiger partial charge >= 0.3 is 0 Å². The van der Waals surface area contributed by atoms with Crippen LogP contribution < -0.4 is 0 Å². The second kappa shape index (κ2) is 4.33. The maximum atomic E-state index is 11.1. The van der Waals surface area contributed by atoms with Gasteiger partial charge in [-0.05, 0) is 34.1 Å². The van der Waals surface area contributed by atoms with Crippen LogP contribution in [0, 0.1) is 0 Å². The molecule has 1 rings (SSSR count). The van der Waals surface area contributed by atoms with Crippen molar-refractivity contribution in [1.82, 2.24) is 0 Å². The Balaban J connectivity index is 3.16. The van der Waals surface area contributed by atoms with Crippen LogP contribution in [-0.2, 0) is 4.79 Å². The highest BCUT2D eigenvalue weighted by molar-refractivity contribution is 9.10. The lowest BCUT2D eigenvalue weighted by molar-refractivity contribution is 0.100. The first kappa shape index (κ1) is 10.1. The maximum absolute atomic E-state index is 11.1. The predicted molar refractivity (Wildman–Crippen MR) is 51.6 cm³/mol. The molecule has 0 aromatic heterocycles. The van der Waals surface area contributed by atoms with Crippen molar-refractivity contribution in [3.05, 3.63) is 33.3 Å². The Bertz CT molecular complexity index is 399. The number of amides is 1. The molecule has 0 saturated carbocycles. The summed E-state index contributed by atoms with van der Waals surface area (Å²) in [5, 5.41) is 0.499. The van der Waals surface area contributed by atoms with Crippen LogP contribution in [0.25, 0.3) is 0 Å². The number of rotatable bonds is 1. The first-order chi connectivity index (χ1) is 6.15. The van der Waals surface area contributed by atoms with E-state index in [4.69, 9.17) is 11.6 Å². The zero-order chi connectivity index (χ0) is 9.84. The number of benzene rings is 1. The normalized spacial score (nSPS) is 9.08. The van der Waals surface area contributed by atoms with E-state index in [9.17, 15) is 9.59 Å². The fourth-order valence-electron chi connectivity index (χ4n) is 0.765. The summed E-state index contributed by atoms with van der Waals surface area (Å²) in [4.78, 5) is 23.9. The molecule has 5 heteroatoms. The minimum Gasteiger partial charge on any atom is -0.266 e. The molecule has 0 unspecified atom stereocenters. The second-order valence-electron chi connectivity index (χ2n) is 2.13. The van der Waals surface area contributed by atoms with Crippen LogP contribution in [-0.4, -0.2) is 12.0 Å². The summed E-state index contributed by atoms with van der Waals surface area (Å²) in [6.07, 6.45) is 1.18. The number of carbonyl (C=O) groups excluding carboxylic acids is 2. The van der Waals surface area contributed by atoms with Crippen LogP contribution in [0.3, 0.4) is 0 Å².